The van der Waals surface area contributed by atoms with E-state index in [2.05, 4.69) is 22.1 Å². The van der Waals surface area contributed by atoms with Crippen LogP contribution in [-0.4, -0.2) is 15.5 Å². The van der Waals surface area contributed by atoms with Crippen molar-refractivity contribution in [1.29, 1.82) is 0 Å². The minimum Gasteiger partial charge on any atom is -0.334 e. The number of nitrogens with zero attached hydrogens (tertiary/aromatic N) is 2. The lowest BCUT2D eigenvalue weighted by Crippen LogP contribution is -2.20. The molecule has 1 amide bonds. The number of benzene rings is 1. The Balaban J connectivity index is 1.61. The zero-order valence-corrected chi connectivity index (χ0v) is 13.4. The number of rotatable bonds is 3. The van der Waals surface area contributed by atoms with Crippen LogP contribution >= 0.6 is 0 Å². The number of fused-ring (bicyclic) bond motifs is 1. The van der Waals surface area contributed by atoms with Crippen LogP contribution in [0.4, 0.5) is 5.69 Å². The maximum absolute atomic E-state index is 12.5. The highest BCUT2D eigenvalue weighted by molar-refractivity contribution is 5.96. The van der Waals surface area contributed by atoms with Crippen molar-refractivity contribution in [2.75, 3.05) is 5.32 Å². The monoisotopic (exact) mass is 309 g/mol. The van der Waals surface area contributed by atoms with Gasteiger partial charge >= 0.3 is 0 Å². The van der Waals surface area contributed by atoms with E-state index in [4.69, 9.17) is 4.98 Å². The summed E-state index contributed by atoms with van der Waals surface area (Å²) >= 11 is 0. The van der Waals surface area contributed by atoms with E-state index < -0.39 is 0 Å². The summed E-state index contributed by atoms with van der Waals surface area (Å²) in [7, 11) is 0. The summed E-state index contributed by atoms with van der Waals surface area (Å²) in [6, 6.07) is 8.03. The minimum atomic E-state index is 0.166. The third-order valence-corrected chi connectivity index (χ3v) is 5.10. The summed E-state index contributed by atoms with van der Waals surface area (Å²) in [5.74, 6) is 1.51. The molecular weight excluding hydrogens is 286 g/mol. The smallest absolute Gasteiger partial charge is 0.227 e. The standard InChI is InChI=1S/C19H23N3O/c23-19(14-7-1-2-8-14)21-16-10-4-3-9-15(16)17-13-22-12-6-5-11-18(22)20-17/h3-4,9-10,13-14H,1-2,5-8,11-12H2,(H,21,23). The Hall–Kier alpha value is -2.10. The number of aryl methyl sites for hydroxylation is 2. The van der Waals surface area contributed by atoms with Crippen LogP contribution in [0.15, 0.2) is 30.5 Å². The normalized spacial score (nSPS) is 17.9. The quantitative estimate of drug-likeness (QED) is 0.931. The van der Waals surface area contributed by atoms with E-state index in [1.807, 2.05) is 18.2 Å². The van der Waals surface area contributed by atoms with Crippen molar-refractivity contribution in [2.45, 2.75) is 51.5 Å². The van der Waals surface area contributed by atoms with Crippen LogP contribution < -0.4 is 5.32 Å². The molecule has 23 heavy (non-hydrogen) atoms. The summed E-state index contributed by atoms with van der Waals surface area (Å²) in [6.45, 7) is 1.05. The van der Waals surface area contributed by atoms with Gasteiger partial charge in [-0.3, -0.25) is 4.79 Å². The third kappa shape index (κ3) is 2.90. The predicted molar refractivity (Wildman–Crippen MR) is 91.2 cm³/mol. The lowest BCUT2D eigenvalue weighted by molar-refractivity contribution is -0.119. The van der Waals surface area contributed by atoms with Crippen LogP contribution in [0.25, 0.3) is 11.3 Å². The van der Waals surface area contributed by atoms with Gasteiger partial charge in [0, 0.05) is 30.6 Å². The second-order valence-corrected chi connectivity index (χ2v) is 6.71. The van der Waals surface area contributed by atoms with Crippen molar-refractivity contribution in [3.8, 4) is 11.3 Å². The zero-order chi connectivity index (χ0) is 15.6. The second kappa shape index (κ2) is 6.19. The Morgan fingerprint density at radius 1 is 1.13 bits per heavy atom. The Labute approximate surface area is 136 Å². The maximum atomic E-state index is 12.5. The van der Waals surface area contributed by atoms with Crippen molar-refractivity contribution < 1.29 is 4.79 Å². The maximum Gasteiger partial charge on any atom is 0.227 e. The highest BCUT2D eigenvalue weighted by Gasteiger charge is 2.23. The highest BCUT2D eigenvalue weighted by atomic mass is 16.1. The van der Waals surface area contributed by atoms with Crippen LogP contribution in [0.3, 0.4) is 0 Å². The molecule has 4 heteroatoms. The molecule has 0 atom stereocenters. The van der Waals surface area contributed by atoms with E-state index in [1.54, 1.807) is 0 Å². The Bertz CT molecular complexity index is 690. The van der Waals surface area contributed by atoms with Gasteiger partial charge < -0.3 is 9.88 Å². The number of hydrogen-bond donors (Lipinski definition) is 1. The average Bonchev–Trinajstić information content (AvgIpc) is 3.25. The van der Waals surface area contributed by atoms with E-state index >= 15 is 0 Å². The van der Waals surface area contributed by atoms with Crippen molar-refractivity contribution in [3.63, 3.8) is 0 Å². The summed E-state index contributed by atoms with van der Waals surface area (Å²) in [4.78, 5) is 17.3. The number of anilines is 1. The van der Waals surface area contributed by atoms with Crippen molar-refractivity contribution in [1.82, 2.24) is 9.55 Å². The fourth-order valence-corrected chi connectivity index (χ4v) is 3.78. The molecule has 0 radical (unpaired) electrons. The van der Waals surface area contributed by atoms with E-state index in [9.17, 15) is 4.79 Å². The molecule has 1 fully saturated rings. The molecule has 2 aromatic rings. The molecule has 4 rings (SSSR count). The number of carbonyl (C=O) groups excluding carboxylic acids is 1. The van der Waals surface area contributed by atoms with Crippen molar-refractivity contribution in [3.05, 3.63) is 36.3 Å². The van der Waals surface area contributed by atoms with Gasteiger partial charge in [-0.1, -0.05) is 31.0 Å². The van der Waals surface area contributed by atoms with Crippen molar-refractivity contribution in [2.24, 2.45) is 5.92 Å². The molecule has 2 aliphatic rings. The number of para-hydroxylation sites is 1. The SMILES string of the molecule is O=C(Nc1ccccc1-c1cn2c(n1)CCCC2)C1CCCC1. The molecular formula is C19H23N3O. The molecule has 1 aromatic carbocycles. The van der Waals surface area contributed by atoms with Gasteiger partial charge in [-0.05, 0) is 31.7 Å². The first-order valence-electron chi connectivity index (χ1n) is 8.77. The molecule has 0 bridgehead atoms. The van der Waals surface area contributed by atoms with E-state index in [0.29, 0.717) is 0 Å². The molecule has 4 nitrogen and oxygen atoms in total. The lowest BCUT2D eigenvalue weighted by atomic mass is 10.1. The number of hydrogen-bond acceptors (Lipinski definition) is 2. The highest BCUT2D eigenvalue weighted by Crippen LogP contribution is 2.31. The number of imidazole rings is 1. The first-order valence-corrected chi connectivity index (χ1v) is 8.77. The van der Waals surface area contributed by atoms with E-state index in [1.165, 1.54) is 31.5 Å². The fraction of sp³-hybridized carbons (Fsp3) is 0.474. The Morgan fingerprint density at radius 3 is 2.78 bits per heavy atom. The van der Waals surface area contributed by atoms with Gasteiger partial charge in [0.15, 0.2) is 0 Å². The predicted octanol–water partition coefficient (Wildman–Crippen LogP) is 4.02. The second-order valence-electron chi connectivity index (χ2n) is 6.71. The van der Waals surface area contributed by atoms with Gasteiger partial charge in [-0.25, -0.2) is 4.98 Å². The van der Waals surface area contributed by atoms with Gasteiger partial charge in [0.1, 0.15) is 5.82 Å². The molecule has 120 valence electrons. The lowest BCUT2D eigenvalue weighted by Gasteiger charge is -2.13. The van der Waals surface area contributed by atoms with Crippen LogP contribution in [0.5, 0.6) is 0 Å². The van der Waals surface area contributed by atoms with Gasteiger partial charge in [0.25, 0.3) is 0 Å². The molecule has 0 spiro atoms. The summed E-state index contributed by atoms with van der Waals surface area (Å²) < 4.78 is 2.26. The van der Waals surface area contributed by atoms with Crippen LogP contribution in [0.1, 0.15) is 44.3 Å². The molecule has 2 heterocycles. The molecule has 0 unspecified atom stereocenters. The molecule has 0 saturated heterocycles. The largest absolute Gasteiger partial charge is 0.334 e. The van der Waals surface area contributed by atoms with Crippen LogP contribution in [-0.2, 0) is 17.8 Å². The van der Waals surface area contributed by atoms with E-state index in [0.717, 1.165) is 42.8 Å². The molecule has 1 saturated carbocycles. The molecule has 1 N–H and O–H groups in total. The average molecular weight is 309 g/mol. The summed E-state index contributed by atoms with van der Waals surface area (Å²) in [5.41, 5.74) is 2.89. The fourth-order valence-electron chi connectivity index (χ4n) is 3.78. The van der Waals surface area contributed by atoms with Gasteiger partial charge in [0.2, 0.25) is 5.91 Å². The number of aromatic nitrogens is 2. The number of amides is 1. The third-order valence-electron chi connectivity index (χ3n) is 5.10. The Kier molecular flexibility index (Phi) is 3.90. The first kappa shape index (κ1) is 14.5. The van der Waals surface area contributed by atoms with Crippen LogP contribution in [0.2, 0.25) is 0 Å². The number of nitrogens with one attached hydrogen (secondary N) is 1. The van der Waals surface area contributed by atoms with Gasteiger partial charge in [-0.2, -0.15) is 0 Å². The minimum absolute atomic E-state index is 0.166. The molecule has 1 aliphatic carbocycles. The van der Waals surface area contributed by atoms with Gasteiger partial charge in [-0.15, -0.1) is 0 Å². The molecule has 1 aliphatic heterocycles. The van der Waals surface area contributed by atoms with Crippen LogP contribution in [0, 0.1) is 5.92 Å². The van der Waals surface area contributed by atoms with Gasteiger partial charge in [0.05, 0.1) is 11.4 Å². The summed E-state index contributed by atoms with van der Waals surface area (Å²) in [5, 5.41) is 3.14. The van der Waals surface area contributed by atoms with E-state index in [-0.39, 0.29) is 11.8 Å². The first-order chi connectivity index (χ1) is 11.3. The molecule has 1 aromatic heterocycles. The topological polar surface area (TPSA) is 46.9 Å². The summed E-state index contributed by atoms with van der Waals surface area (Å²) in [6.07, 6.45) is 10.0. The van der Waals surface area contributed by atoms with Crippen molar-refractivity contribution >= 4 is 11.6 Å². The zero-order valence-electron chi connectivity index (χ0n) is 13.4. The Morgan fingerprint density at radius 2 is 1.96 bits per heavy atom. The number of carbonyl (C=O) groups is 1.